The Morgan fingerprint density at radius 2 is 2.14 bits per heavy atom. The summed E-state index contributed by atoms with van der Waals surface area (Å²) in [4.78, 5) is 0. The molecule has 1 unspecified atom stereocenters. The van der Waals surface area contributed by atoms with Gasteiger partial charge in [0, 0.05) is 19.3 Å². The number of hydrogen-bond acceptors (Lipinski definition) is 5. The highest BCUT2D eigenvalue weighted by Gasteiger charge is 2.10. The Kier molecular flexibility index (Phi) is 3.39. The lowest BCUT2D eigenvalue weighted by Crippen LogP contribution is -2.08. The SMILES string of the molecule is Cc1nn(C)cc1NC(C)c1cccc(-n2cnnn2)c1. The van der Waals surface area contributed by atoms with Crippen molar-refractivity contribution >= 4 is 5.69 Å². The minimum Gasteiger partial charge on any atom is -0.376 e. The maximum atomic E-state index is 4.34. The smallest absolute Gasteiger partial charge is 0.143 e. The van der Waals surface area contributed by atoms with Gasteiger partial charge >= 0.3 is 0 Å². The van der Waals surface area contributed by atoms with Gasteiger partial charge in [0.05, 0.1) is 17.1 Å². The molecule has 2 heterocycles. The summed E-state index contributed by atoms with van der Waals surface area (Å²) in [6.45, 7) is 4.11. The summed E-state index contributed by atoms with van der Waals surface area (Å²) in [5, 5.41) is 19.0. The number of anilines is 1. The van der Waals surface area contributed by atoms with Crippen LogP contribution in [0.25, 0.3) is 5.69 Å². The predicted molar refractivity (Wildman–Crippen MR) is 79.1 cm³/mol. The predicted octanol–water partition coefficient (Wildman–Crippen LogP) is 1.88. The normalized spacial score (nSPS) is 12.3. The Hall–Kier alpha value is -2.70. The summed E-state index contributed by atoms with van der Waals surface area (Å²) >= 11 is 0. The molecule has 0 aliphatic carbocycles. The Labute approximate surface area is 122 Å². The van der Waals surface area contributed by atoms with E-state index in [4.69, 9.17) is 0 Å². The van der Waals surface area contributed by atoms with Crippen LogP contribution in [0.15, 0.2) is 36.8 Å². The number of benzene rings is 1. The van der Waals surface area contributed by atoms with Crippen LogP contribution in [0.2, 0.25) is 0 Å². The largest absolute Gasteiger partial charge is 0.376 e. The number of nitrogens with zero attached hydrogens (tertiary/aromatic N) is 6. The van der Waals surface area contributed by atoms with E-state index >= 15 is 0 Å². The van der Waals surface area contributed by atoms with E-state index in [2.05, 4.69) is 45.0 Å². The highest BCUT2D eigenvalue weighted by molar-refractivity contribution is 5.48. The Morgan fingerprint density at radius 1 is 1.29 bits per heavy atom. The second-order valence-corrected chi connectivity index (χ2v) is 5.02. The Morgan fingerprint density at radius 3 is 2.81 bits per heavy atom. The molecule has 2 aromatic heterocycles. The van der Waals surface area contributed by atoms with Gasteiger partial charge in [-0.3, -0.25) is 4.68 Å². The lowest BCUT2D eigenvalue weighted by molar-refractivity contribution is 0.756. The number of hydrogen-bond donors (Lipinski definition) is 1. The van der Waals surface area contributed by atoms with Gasteiger partial charge in [0.25, 0.3) is 0 Å². The summed E-state index contributed by atoms with van der Waals surface area (Å²) in [6.07, 6.45) is 3.57. The van der Waals surface area contributed by atoms with E-state index < -0.39 is 0 Å². The number of aryl methyl sites for hydroxylation is 2. The van der Waals surface area contributed by atoms with Crippen LogP contribution in [-0.4, -0.2) is 30.0 Å². The summed E-state index contributed by atoms with van der Waals surface area (Å²) in [7, 11) is 1.92. The van der Waals surface area contributed by atoms with Crippen molar-refractivity contribution in [3.05, 3.63) is 48.0 Å². The van der Waals surface area contributed by atoms with Crippen LogP contribution in [0.1, 0.15) is 24.2 Å². The highest BCUT2D eigenvalue weighted by Crippen LogP contribution is 2.22. The van der Waals surface area contributed by atoms with Crippen molar-refractivity contribution in [2.24, 2.45) is 7.05 Å². The molecule has 1 aromatic carbocycles. The quantitative estimate of drug-likeness (QED) is 0.791. The van der Waals surface area contributed by atoms with E-state index in [-0.39, 0.29) is 6.04 Å². The van der Waals surface area contributed by atoms with Crippen LogP contribution >= 0.6 is 0 Å². The molecule has 3 rings (SSSR count). The third-order valence-electron chi connectivity index (χ3n) is 3.37. The third-order valence-corrected chi connectivity index (χ3v) is 3.37. The first-order chi connectivity index (χ1) is 10.1. The van der Waals surface area contributed by atoms with Crippen molar-refractivity contribution in [3.8, 4) is 5.69 Å². The van der Waals surface area contributed by atoms with Crippen molar-refractivity contribution in [1.82, 2.24) is 30.0 Å². The minimum atomic E-state index is 0.157. The standard InChI is InChI=1S/C14H17N7/c1-10(16-14-8-20(3)17-11(14)2)12-5-4-6-13(7-12)21-9-15-18-19-21/h4-10,16H,1-3H3. The molecule has 21 heavy (non-hydrogen) atoms. The van der Waals surface area contributed by atoms with E-state index in [1.807, 2.05) is 37.0 Å². The van der Waals surface area contributed by atoms with Gasteiger partial charge in [-0.15, -0.1) is 5.10 Å². The number of tetrazole rings is 1. The van der Waals surface area contributed by atoms with Crippen molar-refractivity contribution in [2.75, 3.05) is 5.32 Å². The number of nitrogens with one attached hydrogen (secondary N) is 1. The molecular formula is C14H17N7. The molecule has 0 bridgehead atoms. The van der Waals surface area contributed by atoms with Gasteiger partial charge in [-0.25, -0.2) is 4.68 Å². The molecule has 0 saturated heterocycles. The molecule has 0 radical (unpaired) electrons. The fourth-order valence-corrected chi connectivity index (χ4v) is 2.27. The topological polar surface area (TPSA) is 73.5 Å². The molecule has 0 spiro atoms. The lowest BCUT2D eigenvalue weighted by atomic mass is 10.1. The first-order valence-electron chi connectivity index (χ1n) is 6.73. The van der Waals surface area contributed by atoms with Crippen molar-refractivity contribution in [1.29, 1.82) is 0 Å². The van der Waals surface area contributed by atoms with Crippen LogP contribution in [0.3, 0.4) is 0 Å². The van der Waals surface area contributed by atoms with Crippen molar-refractivity contribution in [2.45, 2.75) is 19.9 Å². The monoisotopic (exact) mass is 283 g/mol. The average Bonchev–Trinajstić information content (AvgIpc) is 3.09. The van der Waals surface area contributed by atoms with Gasteiger partial charge < -0.3 is 5.32 Å². The summed E-state index contributed by atoms with van der Waals surface area (Å²) in [5.74, 6) is 0. The summed E-state index contributed by atoms with van der Waals surface area (Å²) < 4.78 is 3.45. The minimum absolute atomic E-state index is 0.157. The van der Waals surface area contributed by atoms with Crippen LogP contribution in [0, 0.1) is 6.92 Å². The summed E-state index contributed by atoms with van der Waals surface area (Å²) in [5.41, 5.74) is 4.12. The van der Waals surface area contributed by atoms with Crippen LogP contribution in [0.4, 0.5) is 5.69 Å². The zero-order valence-corrected chi connectivity index (χ0v) is 12.2. The molecule has 0 fully saturated rings. The first kappa shape index (κ1) is 13.3. The number of rotatable bonds is 4. The second kappa shape index (κ2) is 5.35. The third kappa shape index (κ3) is 2.76. The average molecular weight is 283 g/mol. The van der Waals surface area contributed by atoms with E-state index in [0.29, 0.717) is 0 Å². The fraction of sp³-hybridized carbons (Fsp3) is 0.286. The molecule has 3 aromatic rings. The molecule has 0 amide bonds. The molecule has 108 valence electrons. The molecule has 0 aliphatic rings. The van der Waals surface area contributed by atoms with Crippen LogP contribution in [-0.2, 0) is 7.05 Å². The first-order valence-corrected chi connectivity index (χ1v) is 6.73. The van der Waals surface area contributed by atoms with E-state index in [1.54, 1.807) is 11.0 Å². The summed E-state index contributed by atoms with van der Waals surface area (Å²) in [6, 6.07) is 8.28. The van der Waals surface area contributed by atoms with E-state index in [1.165, 1.54) is 0 Å². The maximum Gasteiger partial charge on any atom is 0.143 e. The lowest BCUT2D eigenvalue weighted by Gasteiger charge is -2.15. The van der Waals surface area contributed by atoms with E-state index in [9.17, 15) is 0 Å². The molecular weight excluding hydrogens is 266 g/mol. The number of aromatic nitrogens is 6. The van der Waals surface area contributed by atoms with Gasteiger partial charge in [-0.2, -0.15) is 5.10 Å². The van der Waals surface area contributed by atoms with Gasteiger partial charge in [0.15, 0.2) is 0 Å². The van der Waals surface area contributed by atoms with Gasteiger partial charge in [0.2, 0.25) is 0 Å². The molecule has 1 N–H and O–H groups in total. The zero-order chi connectivity index (χ0) is 14.8. The van der Waals surface area contributed by atoms with Crippen molar-refractivity contribution in [3.63, 3.8) is 0 Å². The highest BCUT2D eigenvalue weighted by atomic mass is 15.5. The second-order valence-electron chi connectivity index (χ2n) is 5.02. The Balaban J connectivity index is 1.83. The Bertz CT molecular complexity index is 730. The fourth-order valence-electron chi connectivity index (χ4n) is 2.27. The van der Waals surface area contributed by atoms with Crippen molar-refractivity contribution < 1.29 is 0 Å². The van der Waals surface area contributed by atoms with Crippen LogP contribution in [0.5, 0.6) is 0 Å². The molecule has 0 saturated carbocycles. The molecule has 1 atom stereocenters. The van der Waals surface area contributed by atoms with Gasteiger partial charge in [-0.05, 0) is 42.0 Å². The maximum absolute atomic E-state index is 4.34. The zero-order valence-electron chi connectivity index (χ0n) is 12.2. The van der Waals surface area contributed by atoms with E-state index in [0.717, 1.165) is 22.6 Å². The van der Waals surface area contributed by atoms with Gasteiger partial charge in [0.1, 0.15) is 6.33 Å². The molecule has 7 nitrogen and oxygen atoms in total. The molecule has 7 heteroatoms. The molecule has 0 aliphatic heterocycles. The van der Waals surface area contributed by atoms with Gasteiger partial charge in [-0.1, -0.05) is 12.1 Å². The van der Waals surface area contributed by atoms with Crippen LogP contribution < -0.4 is 5.32 Å².